The van der Waals surface area contributed by atoms with Crippen LogP contribution in [0.1, 0.15) is 19.8 Å². The van der Waals surface area contributed by atoms with Crippen molar-refractivity contribution in [1.82, 2.24) is 20.1 Å². The number of carbonyl (C=O) groups excluding carboxylic acids is 1. The number of rotatable bonds is 6. The quantitative estimate of drug-likeness (QED) is 0.636. The summed E-state index contributed by atoms with van der Waals surface area (Å²) >= 11 is 1.19. The van der Waals surface area contributed by atoms with E-state index in [-0.39, 0.29) is 17.6 Å². The average molecular weight is 400 g/mol. The largest absolute Gasteiger partial charge is 0.352 e. The van der Waals surface area contributed by atoms with Gasteiger partial charge in [0, 0.05) is 17.7 Å². The number of benzene rings is 2. The summed E-state index contributed by atoms with van der Waals surface area (Å²) < 4.78 is 29.5. The lowest BCUT2D eigenvalue weighted by Crippen LogP contribution is -2.32. The van der Waals surface area contributed by atoms with E-state index in [2.05, 4.69) is 15.5 Å². The summed E-state index contributed by atoms with van der Waals surface area (Å²) in [4.78, 5) is 12.3. The van der Waals surface area contributed by atoms with Crippen molar-refractivity contribution in [3.05, 3.63) is 60.2 Å². The van der Waals surface area contributed by atoms with E-state index in [0.717, 1.165) is 24.5 Å². The number of amides is 1. The number of hydrogen-bond acceptors (Lipinski definition) is 4. The van der Waals surface area contributed by atoms with Crippen LogP contribution < -0.4 is 5.32 Å². The molecule has 1 atom stereocenters. The van der Waals surface area contributed by atoms with Crippen molar-refractivity contribution >= 4 is 17.7 Å². The molecule has 0 aliphatic heterocycles. The first-order chi connectivity index (χ1) is 13.5. The molecule has 1 aliphatic carbocycles. The molecule has 1 aromatic heterocycles. The van der Waals surface area contributed by atoms with Crippen LogP contribution >= 0.6 is 11.8 Å². The van der Waals surface area contributed by atoms with E-state index in [4.69, 9.17) is 0 Å². The van der Waals surface area contributed by atoms with E-state index in [1.165, 1.54) is 28.5 Å². The van der Waals surface area contributed by atoms with Gasteiger partial charge in [0.15, 0.2) is 11.0 Å². The Morgan fingerprint density at radius 1 is 1.18 bits per heavy atom. The maximum absolute atomic E-state index is 14.6. The van der Waals surface area contributed by atoms with Gasteiger partial charge in [-0.05, 0) is 31.9 Å². The molecule has 1 saturated carbocycles. The van der Waals surface area contributed by atoms with Crippen molar-refractivity contribution in [3.8, 4) is 17.1 Å². The molecule has 0 saturated heterocycles. The third kappa shape index (κ3) is 3.91. The SMILES string of the molecule is C[C@@H](Sc1nnc(-c2ccccc2)n1-c1ccc(F)cc1F)C(=O)NC1CC1. The monoisotopic (exact) mass is 400 g/mol. The first-order valence-electron chi connectivity index (χ1n) is 8.96. The molecule has 0 unspecified atom stereocenters. The molecular formula is C20H18F2N4OS. The predicted molar refractivity (Wildman–Crippen MR) is 103 cm³/mol. The first-order valence-corrected chi connectivity index (χ1v) is 9.84. The second kappa shape index (κ2) is 7.71. The predicted octanol–water partition coefficient (Wildman–Crippen LogP) is 3.97. The third-order valence-electron chi connectivity index (χ3n) is 4.39. The maximum atomic E-state index is 14.6. The van der Waals surface area contributed by atoms with Crippen LogP contribution in [0, 0.1) is 11.6 Å². The zero-order valence-electron chi connectivity index (χ0n) is 15.1. The Kier molecular flexibility index (Phi) is 5.13. The van der Waals surface area contributed by atoms with Crippen molar-refractivity contribution in [1.29, 1.82) is 0 Å². The Morgan fingerprint density at radius 3 is 2.61 bits per heavy atom. The van der Waals surface area contributed by atoms with Gasteiger partial charge in [-0.25, -0.2) is 8.78 Å². The zero-order chi connectivity index (χ0) is 19.7. The second-order valence-electron chi connectivity index (χ2n) is 6.65. The Morgan fingerprint density at radius 2 is 1.93 bits per heavy atom. The van der Waals surface area contributed by atoms with Gasteiger partial charge in [0.1, 0.15) is 11.6 Å². The molecule has 0 spiro atoms. The van der Waals surface area contributed by atoms with Gasteiger partial charge in [-0.1, -0.05) is 42.1 Å². The van der Waals surface area contributed by atoms with Gasteiger partial charge >= 0.3 is 0 Å². The van der Waals surface area contributed by atoms with Crippen LogP contribution in [0.25, 0.3) is 17.1 Å². The molecule has 1 N–H and O–H groups in total. The molecule has 1 fully saturated rings. The molecule has 0 radical (unpaired) electrons. The molecule has 1 amide bonds. The van der Waals surface area contributed by atoms with Crippen LogP contribution in [0.15, 0.2) is 53.7 Å². The number of nitrogens with zero attached hydrogens (tertiary/aromatic N) is 3. The van der Waals surface area contributed by atoms with Crippen LogP contribution in [0.4, 0.5) is 8.78 Å². The molecule has 1 heterocycles. The van der Waals surface area contributed by atoms with E-state index in [1.54, 1.807) is 6.92 Å². The molecule has 4 rings (SSSR count). The minimum atomic E-state index is -0.728. The van der Waals surface area contributed by atoms with E-state index < -0.39 is 16.9 Å². The van der Waals surface area contributed by atoms with Crippen molar-refractivity contribution in [3.63, 3.8) is 0 Å². The van der Waals surface area contributed by atoms with E-state index >= 15 is 0 Å². The highest BCUT2D eigenvalue weighted by atomic mass is 32.2. The van der Waals surface area contributed by atoms with E-state index in [0.29, 0.717) is 11.0 Å². The number of hydrogen-bond donors (Lipinski definition) is 1. The molecular weight excluding hydrogens is 382 g/mol. The zero-order valence-corrected chi connectivity index (χ0v) is 15.9. The maximum Gasteiger partial charge on any atom is 0.233 e. The van der Waals surface area contributed by atoms with Gasteiger partial charge in [0.25, 0.3) is 0 Å². The van der Waals surface area contributed by atoms with Crippen LogP contribution in [-0.2, 0) is 4.79 Å². The molecule has 1 aliphatic rings. The summed E-state index contributed by atoms with van der Waals surface area (Å²) in [5.74, 6) is -1.07. The third-order valence-corrected chi connectivity index (χ3v) is 5.43. The Hall–Kier alpha value is -2.74. The van der Waals surface area contributed by atoms with Crippen LogP contribution in [-0.4, -0.2) is 32.0 Å². The number of nitrogens with one attached hydrogen (secondary N) is 1. The highest BCUT2D eigenvalue weighted by molar-refractivity contribution is 8.00. The van der Waals surface area contributed by atoms with Crippen molar-refractivity contribution in [2.45, 2.75) is 36.2 Å². The van der Waals surface area contributed by atoms with Crippen LogP contribution in [0.5, 0.6) is 0 Å². The topological polar surface area (TPSA) is 59.8 Å². The molecule has 5 nitrogen and oxygen atoms in total. The van der Waals surface area contributed by atoms with Crippen LogP contribution in [0.2, 0.25) is 0 Å². The van der Waals surface area contributed by atoms with Gasteiger partial charge in [-0.3, -0.25) is 9.36 Å². The Labute approximate surface area is 165 Å². The molecule has 8 heteroatoms. The second-order valence-corrected chi connectivity index (χ2v) is 7.95. The van der Waals surface area contributed by atoms with Gasteiger partial charge < -0.3 is 5.32 Å². The Bertz CT molecular complexity index is 1000. The van der Waals surface area contributed by atoms with Gasteiger partial charge in [0.2, 0.25) is 5.91 Å². The fraction of sp³-hybridized carbons (Fsp3) is 0.250. The summed E-state index contributed by atoms with van der Waals surface area (Å²) in [5, 5.41) is 11.3. The summed E-state index contributed by atoms with van der Waals surface area (Å²) in [6, 6.07) is 12.8. The molecule has 2 aromatic carbocycles. The number of carbonyl (C=O) groups is 1. The summed E-state index contributed by atoms with van der Waals surface area (Å²) in [6.07, 6.45) is 2.00. The van der Waals surface area contributed by atoms with E-state index in [1.807, 2.05) is 30.3 Å². The van der Waals surface area contributed by atoms with Crippen LogP contribution in [0.3, 0.4) is 0 Å². The summed E-state index contributed by atoms with van der Waals surface area (Å²) in [7, 11) is 0. The summed E-state index contributed by atoms with van der Waals surface area (Å²) in [6.45, 7) is 1.77. The molecule has 3 aromatic rings. The van der Waals surface area contributed by atoms with Gasteiger partial charge in [0.05, 0.1) is 10.9 Å². The lowest BCUT2D eigenvalue weighted by atomic mass is 10.2. The van der Waals surface area contributed by atoms with Gasteiger partial charge in [-0.15, -0.1) is 10.2 Å². The van der Waals surface area contributed by atoms with E-state index in [9.17, 15) is 13.6 Å². The van der Waals surface area contributed by atoms with Crippen molar-refractivity contribution < 1.29 is 13.6 Å². The molecule has 28 heavy (non-hydrogen) atoms. The fourth-order valence-corrected chi connectivity index (χ4v) is 3.63. The molecule has 144 valence electrons. The molecule has 0 bridgehead atoms. The number of aromatic nitrogens is 3. The highest BCUT2D eigenvalue weighted by Crippen LogP contribution is 2.31. The lowest BCUT2D eigenvalue weighted by Gasteiger charge is -2.14. The lowest BCUT2D eigenvalue weighted by molar-refractivity contribution is -0.120. The first kappa shape index (κ1) is 18.6. The fourth-order valence-electron chi connectivity index (χ4n) is 2.76. The van der Waals surface area contributed by atoms with Crippen molar-refractivity contribution in [2.75, 3.05) is 0 Å². The minimum Gasteiger partial charge on any atom is -0.352 e. The highest BCUT2D eigenvalue weighted by Gasteiger charge is 2.28. The smallest absolute Gasteiger partial charge is 0.233 e. The minimum absolute atomic E-state index is 0.0945. The normalized spacial score (nSPS) is 14.7. The standard InChI is InChI=1S/C20H18F2N4OS/c1-12(19(27)23-15-8-9-15)28-20-25-24-18(13-5-3-2-4-6-13)26(20)17-10-7-14(21)11-16(17)22/h2-7,10-12,15H,8-9H2,1H3,(H,23,27)/t12-/m1/s1. The van der Waals surface area contributed by atoms with Crippen molar-refractivity contribution in [2.24, 2.45) is 0 Å². The summed E-state index contributed by atoms with van der Waals surface area (Å²) in [5.41, 5.74) is 0.864. The number of halogens is 2. The average Bonchev–Trinajstić information content (AvgIpc) is 3.41. The Balaban J connectivity index is 1.73. The number of thioether (sulfide) groups is 1. The van der Waals surface area contributed by atoms with Gasteiger partial charge in [-0.2, -0.15) is 0 Å².